The molecule has 1 saturated carbocycles. The van der Waals surface area contributed by atoms with Crippen molar-refractivity contribution >= 4 is 22.6 Å². The summed E-state index contributed by atoms with van der Waals surface area (Å²) in [5.41, 5.74) is 2.47. The fourth-order valence-electron chi connectivity index (χ4n) is 3.07. The number of pyridine rings is 1. The van der Waals surface area contributed by atoms with Crippen molar-refractivity contribution in [2.24, 2.45) is 0 Å². The summed E-state index contributed by atoms with van der Waals surface area (Å²) >= 11 is 0. The van der Waals surface area contributed by atoms with E-state index in [1.807, 2.05) is 13.0 Å². The third-order valence-corrected chi connectivity index (χ3v) is 4.35. The fourth-order valence-corrected chi connectivity index (χ4v) is 3.07. The average Bonchev–Trinajstić information content (AvgIpc) is 3.37. The largest absolute Gasteiger partial charge is 0.322 e. The molecule has 1 aliphatic rings. The average molecular weight is 342 g/mol. The lowest BCUT2D eigenvalue weighted by atomic mass is 10.1. The Hall–Kier alpha value is -2.83. The highest BCUT2D eigenvalue weighted by Crippen LogP contribution is 2.43. The zero-order chi connectivity index (χ0) is 17.6. The number of hydrogen-bond donors (Lipinski definition) is 1. The van der Waals surface area contributed by atoms with Crippen LogP contribution in [0.25, 0.3) is 11.0 Å². The van der Waals surface area contributed by atoms with Crippen LogP contribution in [0.1, 0.15) is 30.0 Å². The predicted octanol–water partition coefficient (Wildman–Crippen LogP) is 3.53. The minimum Gasteiger partial charge on any atom is -0.322 e. The Morgan fingerprint density at radius 2 is 2.12 bits per heavy atom. The van der Waals surface area contributed by atoms with Crippen LogP contribution in [0.15, 0.2) is 30.5 Å². The van der Waals surface area contributed by atoms with Crippen LogP contribution in [-0.2, 0) is 11.3 Å². The molecule has 0 aliphatic heterocycles. The van der Waals surface area contributed by atoms with Gasteiger partial charge in [-0.2, -0.15) is 5.10 Å². The topological polar surface area (TPSA) is 59.8 Å². The van der Waals surface area contributed by atoms with Crippen molar-refractivity contribution in [3.05, 3.63) is 53.4 Å². The van der Waals surface area contributed by atoms with Gasteiger partial charge in [0.15, 0.2) is 5.65 Å². The Morgan fingerprint density at radius 1 is 1.32 bits per heavy atom. The van der Waals surface area contributed by atoms with Crippen molar-refractivity contribution < 1.29 is 13.6 Å². The van der Waals surface area contributed by atoms with E-state index < -0.39 is 17.5 Å². The third kappa shape index (κ3) is 2.97. The van der Waals surface area contributed by atoms with Crippen LogP contribution < -0.4 is 5.32 Å². The summed E-state index contributed by atoms with van der Waals surface area (Å²) in [5, 5.41) is 7.77. The second-order valence-corrected chi connectivity index (χ2v) is 6.29. The molecule has 0 saturated heterocycles. The van der Waals surface area contributed by atoms with Gasteiger partial charge in [-0.1, -0.05) is 0 Å². The van der Waals surface area contributed by atoms with Gasteiger partial charge in [0.25, 0.3) is 0 Å². The van der Waals surface area contributed by atoms with Gasteiger partial charge in [0, 0.05) is 17.6 Å². The van der Waals surface area contributed by atoms with E-state index >= 15 is 0 Å². The van der Waals surface area contributed by atoms with Crippen LogP contribution in [0.2, 0.25) is 0 Å². The number of fused-ring (bicyclic) bond motifs is 1. The number of aryl methyl sites for hydroxylation is 1. The molecule has 1 aromatic carbocycles. The zero-order valence-electron chi connectivity index (χ0n) is 13.6. The van der Waals surface area contributed by atoms with Crippen LogP contribution in [0.4, 0.5) is 14.5 Å². The Morgan fingerprint density at radius 3 is 2.88 bits per heavy atom. The van der Waals surface area contributed by atoms with Gasteiger partial charge >= 0.3 is 0 Å². The molecule has 0 unspecified atom stereocenters. The number of benzene rings is 1. The molecule has 0 spiro atoms. The minimum absolute atomic E-state index is 0.124. The van der Waals surface area contributed by atoms with Crippen LogP contribution in [-0.4, -0.2) is 20.7 Å². The molecule has 1 aliphatic carbocycles. The standard InChI is InChI=1S/C18H16F2N4O/c1-10-17-13(11-2-3-11)6-7-21-18(17)24(23-10)9-16(25)22-15-8-12(19)4-5-14(15)20/h4-8,11H,2-3,9H2,1H3,(H,22,25). The first-order valence-electron chi connectivity index (χ1n) is 8.10. The molecular weight excluding hydrogens is 326 g/mol. The van der Waals surface area contributed by atoms with Crippen molar-refractivity contribution in [3.8, 4) is 0 Å². The summed E-state index contributed by atoms with van der Waals surface area (Å²) in [6.07, 6.45) is 4.03. The highest BCUT2D eigenvalue weighted by atomic mass is 19.1. The van der Waals surface area contributed by atoms with Crippen LogP contribution in [0, 0.1) is 18.6 Å². The van der Waals surface area contributed by atoms with Gasteiger partial charge in [0.2, 0.25) is 5.91 Å². The second kappa shape index (κ2) is 5.91. The maximum absolute atomic E-state index is 13.7. The van der Waals surface area contributed by atoms with Gasteiger partial charge in [-0.3, -0.25) is 4.79 Å². The first kappa shape index (κ1) is 15.7. The minimum atomic E-state index is -0.689. The highest BCUT2D eigenvalue weighted by molar-refractivity contribution is 5.92. The van der Waals surface area contributed by atoms with E-state index in [0.717, 1.165) is 42.1 Å². The van der Waals surface area contributed by atoms with Crippen molar-refractivity contribution in [1.29, 1.82) is 0 Å². The SMILES string of the molecule is Cc1nn(CC(=O)Nc2cc(F)ccc2F)c2nccc(C3CC3)c12. The van der Waals surface area contributed by atoms with Gasteiger partial charge in [0.05, 0.1) is 11.4 Å². The van der Waals surface area contributed by atoms with Crippen LogP contribution >= 0.6 is 0 Å². The van der Waals surface area contributed by atoms with Crippen molar-refractivity contribution in [3.63, 3.8) is 0 Å². The van der Waals surface area contributed by atoms with Gasteiger partial charge in [-0.25, -0.2) is 18.4 Å². The lowest BCUT2D eigenvalue weighted by molar-refractivity contribution is -0.116. The second-order valence-electron chi connectivity index (χ2n) is 6.29. The normalized spacial score (nSPS) is 14.0. The fraction of sp³-hybridized carbons (Fsp3) is 0.278. The molecule has 0 atom stereocenters. The Kier molecular flexibility index (Phi) is 3.71. The lowest BCUT2D eigenvalue weighted by Gasteiger charge is -2.07. The van der Waals surface area contributed by atoms with Gasteiger partial charge in [0.1, 0.15) is 18.2 Å². The monoisotopic (exact) mass is 342 g/mol. The van der Waals surface area contributed by atoms with Crippen LogP contribution in [0.3, 0.4) is 0 Å². The molecule has 0 bridgehead atoms. The lowest BCUT2D eigenvalue weighted by Crippen LogP contribution is -2.20. The van der Waals surface area contributed by atoms with Gasteiger partial charge < -0.3 is 5.32 Å². The predicted molar refractivity (Wildman–Crippen MR) is 89.2 cm³/mol. The molecule has 4 rings (SSSR count). The van der Waals surface area contributed by atoms with E-state index in [1.165, 1.54) is 10.2 Å². The number of carbonyl (C=O) groups excluding carboxylic acids is 1. The molecule has 2 heterocycles. The third-order valence-electron chi connectivity index (χ3n) is 4.35. The Bertz CT molecular complexity index is 979. The van der Waals surface area contributed by atoms with E-state index in [4.69, 9.17) is 0 Å². The quantitative estimate of drug-likeness (QED) is 0.789. The molecule has 1 amide bonds. The van der Waals surface area contributed by atoms with Crippen molar-refractivity contribution in [1.82, 2.24) is 14.8 Å². The number of aromatic nitrogens is 3. The Balaban J connectivity index is 1.61. The number of anilines is 1. The smallest absolute Gasteiger partial charge is 0.246 e. The van der Waals surface area contributed by atoms with E-state index in [1.54, 1.807) is 6.20 Å². The number of rotatable bonds is 4. The summed E-state index contributed by atoms with van der Waals surface area (Å²) in [6, 6.07) is 4.92. The van der Waals surface area contributed by atoms with Crippen molar-refractivity contribution in [2.75, 3.05) is 5.32 Å². The number of nitrogens with one attached hydrogen (secondary N) is 1. The maximum Gasteiger partial charge on any atom is 0.246 e. The molecule has 0 radical (unpaired) electrons. The molecule has 2 aromatic heterocycles. The Labute approximate surface area is 142 Å². The van der Waals surface area contributed by atoms with E-state index in [9.17, 15) is 13.6 Å². The molecule has 25 heavy (non-hydrogen) atoms. The van der Waals surface area contributed by atoms with E-state index in [2.05, 4.69) is 15.4 Å². The summed E-state index contributed by atoms with van der Waals surface area (Å²) in [5.74, 6) is -1.26. The van der Waals surface area contributed by atoms with E-state index in [0.29, 0.717) is 11.6 Å². The molecule has 1 fully saturated rings. The first-order chi connectivity index (χ1) is 12.0. The molecule has 7 heteroatoms. The summed E-state index contributed by atoms with van der Waals surface area (Å²) in [4.78, 5) is 16.6. The molecule has 5 nitrogen and oxygen atoms in total. The summed E-state index contributed by atoms with van der Waals surface area (Å²) < 4.78 is 28.4. The number of halogens is 2. The maximum atomic E-state index is 13.7. The van der Waals surface area contributed by atoms with Crippen molar-refractivity contribution in [2.45, 2.75) is 32.2 Å². The summed E-state index contributed by atoms with van der Waals surface area (Å²) in [6.45, 7) is 1.76. The molecular formula is C18H16F2N4O. The van der Waals surface area contributed by atoms with Crippen LogP contribution in [0.5, 0.6) is 0 Å². The number of amides is 1. The van der Waals surface area contributed by atoms with E-state index in [-0.39, 0.29) is 12.2 Å². The molecule has 3 aromatic rings. The first-order valence-corrected chi connectivity index (χ1v) is 8.10. The molecule has 128 valence electrons. The number of hydrogen-bond acceptors (Lipinski definition) is 3. The van der Waals surface area contributed by atoms with Gasteiger partial charge in [-0.15, -0.1) is 0 Å². The summed E-state index contributed by atoms with van der Waals surface area (Å²) in [7, 11) is 0. The number of carbonyl (C=O) groups is 1. The molecule has 1 N–H and O–H groups in total. The number of nitrogens with zero attached hydrogens (tertiary/aromatic N) is 3. The van der Waals surface area contributed by atoms with Gasteiger partial charge in [-0.05, 0) is 49.4 Å². The zero-order valence-corrected chi connectivity index (χ0v) is 13.6. The highest BCUT2D eigenvalue weighted by Gasteiger charge is 2.27.